The molecule has 2 atom stereocenters. The quantitative estimate of drug-likeness (QED) is 0.427. The third kappa shape index (κ3) is 2.02. The number of alkyl halides is 1. The molecule has 1 aliphatic rings. The fourth-order valence-electron chi connectivity index (χ4n) is 1.64. The Bertz CT molecular complexity index is 109. The first-order valence-corrected chi connectivity index (χ1v) is 4.53. The molecular weight excluding hydrogens is 144 g/mol. The van der Waals surface area contributed by atoms with Gasteiger partial charge in [0.1, 0.15) is 0 Å². The zero-order valence-electron chi connectivity index (χ0n) is 6.35. The number of hydrogen-bond acceptors (Lipinski definition) is 0. The number of hydrogen-bond donors (Lipinski definition) is 0. The maximum atomic E-state index is 6.11. The highest BCUT2D eigenvalue weighted by Gasteiger charge is 2.21. The zero-order chi connectivity index (χ0) is 7.40. The van der Waals surface area contributed by atoms with Gasteiger partial charge in [0.2, 0.25) is 0 Å². The summed E-state index contributed by atoms with van der Waals surface area (Å²) in [7, 11) is 0. The molecule has 0 heterocycles. The van der Waals surface area contributed by atoms with E-state index >= 15 is 0 Å². The Balaban J connectivity index is 2.32. The first-order valence-electron chi connectivity index (χ1n) is 4.09. The highest BCUT2D eigenvalue weighted by molar-refractivity contribution is 6.20. The maximum absolute atomic E-state index is 6.11. The van der Waals surface area contributed by atoms with Gasteiger partial charge in [-0.15, -0.1) is 18.2 Å². The smallest absolute Gasteiger partial charge is 0.0367 e. The van der Waals surface area contributed by atoms with Crippen molar-refractivity contribution in [1.82, 2.24) is 0 Å². The fraction of sp³-hybridized carbons (Fsp3) is 0.778. The molecule has 0 N–H and O–H groups in total. The molecule has 0 spiro atoms. The second-order valence-corrected chi connectivity index (χ2v) is 3.65. The van der Waals surface area contributed by atoms with E-state index in [1.807, 2.05) is 6.08 Å². The van der Waals surface area contributed by atoms with E-state index in [2.05, 4.69) is 6.58 Å². The van der Waals surface area contributed by atoms with Crippen molar-refractivity contribution in [3.05, 3.63) is 12.7 Å². The summed E-state index contributed by atoms with van der Waals surface area (Å²) in [5, 5.41) is 0.423. The third-order valence-corrected chi connectivity index (χ3v) is 2.86. The first-order chi connectivity index (χ1) is 4.84. The molecule has 1 heteroatoms. The lowest BCUT2D eigenvalue weighted by atomic mass is 9.86. The van der Waals surface area contributed by atoms with E-state index in [-0.39, 0.29) is 0 Å². The summed E-state index contributed by atoms with van der Waals surface area (Å²) in [6.07, 6.45) is 8.29. The van der Waals surface area contributed by atoms with Crippen molar-refractivity contribution in [1.29, 1.82) is 0 Å². The Morgan fingerprint density at radius 2 is 2.10 bits per heavy atom. The topological polar surface area (TPSA) is 0 Å². The van der Waals surface area contributed by atoms with Gasteiger partial charge in [0.15, 0.2) is 0 Å². The molecule has 0 bridgehead atoms. The minimum atomic E-state index is 0.423. The Kier molecular flexibility index (Phi) is 3.27. The van der Waals surface area contributed by atoms with Crippen molar-refractivity contribution in [2.45, 2.75) is 37.5 Å². The molecule has 10 heavy (non-hydrogen) atoms. The zero-order valence-corrected chi connectivity index (χ0v) is 7.11. The summed E-state index contributed by atoms with van der Waals surface area (Å²) in [4.78, 5) is 0. The molecular formula is C9H15Cl. The molecule has 0 aromatic carbocycles. The Labute approximate surface area is 68.3 Å². The molecule has 58 valence electrons. The van der Waals surface area contributed by atoms with Crippen LogP contribution in [0.1, 0.15) is 32.1 Å². The van der Waals surface area contributed by atoms with Crippen molar-refractivity contribution in [3.63, 3.8) is 0 Å². The highest BCUT2D eigenvalue weighted by Crippen LogP contribution is 2.30. The van der Waals surface area contributed by atoms with Gasteiger partial charge in [-0.2, -0.15) is 0 Å². The standard InChI is InChI=1S/C9H15Cl/c1-2-5-8-6-3-4-7-9(8)10/h2,8-9H,1,3-7H2. The van der Waals surface area contributed by atoms with Crippen LogP contribution in [0.3, 0.4) is 0 Å². The van der Waals surface area contributed by atoms with Gasteiger partial charge >= 0.3 is 0 Å². The average molecular weight is 159 g/mol. The molecule has 1 fully saturated rings. The van der Waals surface area contributed by atoms with Crippen LogP contribution in [-0.2, 0) is 0 Å². The lowest BCUT2D eigenvalue weighted by Crippen LogP contribution is -2.18. The van der Waals surface area contributed by atoms with Gasteiger partial charge in [0.25, 0.3) is 0 Å². The van der Waals surface area contributed by atoms with E-state index in [9.17, 15) is 0 Å². The summed E-state index contributed by atoms with van der Waals surface area (Å²) in [6, 6.07) is 0. The van der Waals surface area contributed by atoms with Crippen LogP contribution in [0.2, 0.25) is 0 Å². The van der Waals surface area contributed by atoms with Crippen LogP contribution in [0.25, 0.3) is 0 Å². The van der Waals surface area contributed by atoms with Crippen LogP contribution in [0, 0.1) is 5.92 Å². The van der Waals surface area contributed by atoms with Gasteiger partial charge in [-0.1, -0.05) is 18.9 Å². The van der Waals surface area contributed by atoms with Crippen molar-refractivity contribution in [2.24, 2.45) is 5.92 Å². The van der Waals surface area contributed by atoms with Gasteiger partial charge in [-0.05, 0) is 25.2 Å². The molecule has 0 amide bonds. The predicted octanol–water partition coefficient (Wildman–Crippen LogP) is 3.36. The average Bonchev–Trinajstić information content (AvgIpc) is 1.94. The van der Waals surface area contributed by atoms with Gasteiger partial charge in [0.05, 0.1) is 0 Å². The minimum absolute atomic E-state index is 0.423. The minimum Gasteiger partial charge on any atom is -0.123 e. The molecule has 0 aliphatic heterocycles. The van der Waals surface area contributed by atoms with E-state index in [0.29, 0.717) is 11.3 Å². The van der Waals surface area contributed by atoms with Crippen LogP contribution >= 0.6 is 11.6 Å². The summed E-state index contributed by atoms with van der Waals surface area (Å²) >= 11 is 6.11. The summed E-state index contributed by atoms with van der Waals surface area (Å²) in [6.45, 7) is 3.73. The van der Waals surface area contributed by atoms with Gasteiger partial charge in [-0.25, -0.2) is 0 Å². The lowest BCUT2D eigenvalue weighted by Gasteiger charge is -2.25. The van der Waals surface area contributed by atoms with Crippen molar-refractivity contribution in [3.8, 4) is 0 Å². The van der Waals surface area contributed by atoms with E-state index in [4.69, 9.17) is 11.6 Å². The fourth-order valence-corrected chi connectivity index (χ4v) is 2.03. The molecule has 2 unspecified atom stereocenters. The monoisotopic (exact) mass is 158 g/mol. The largest absolute Gasteiger partial charge is 0.123 e. The van der Waals surface area contributed by atoms with Gasteiger partial charge < -0.3 is 0 Å². The Morgan fingerprint density at radius 1 is 1.40 bits per heavy atom. The third-order valence-electron chi connectivity index (χ3n) is 2.29. The van der Waals surface area contributed by atoms with Crippen molar-refractivity contribution < 1.29 is 0 Å². The van der Waals surface area contributed by atoms with Crippen LogP contribution in [0.15, 0.2) is 12.7 Å². The summed E-state index contributed by atoms with van der Waals surface area (Å²) in [5.41, 5.74) is 0. The molecule has 1 saturated carbocycles. The predicted molar refractivity (Wildman–Crippen MR) is 46.4 cm³/mol. The Hall–Kier alpha value is 0.0300. The summed E-state index contributed by atoms with van der Waals surface area (Å²) < 4.78 is 0. The normalized spacial score (nSPS) is 33.7. The number of halogens is 1. The second kappa shape index (κ2) is 4.02. The molecule has 0 aromatic rings. The van der Waals surface area contributed by atoms with E-state index in [0.717, 1.165) is 6.42 Å². The van der Waals surface area contributed by atoms with Crippen LogP contribution in [0.4, 0.5) is 0 Å². The molecule has 0 nitrogen and oxygen atoms in total. The molecule has 1 aliphatic carbocycles. The maximum Gasteiger partial charge on any atom is 0.0367 e. The Morgan fingerprint density at radius 3 is 2.70 bits per heavy atom. The first kappa shape index (κ1) is 8.13. The van der Waals surface area contributed by atoms with E-state index < -0.39 is 0 Å². The van der Waals surface area contributed by atoms with Crippen LogP contribution in [-0.4, -0.2) is 5.38 Å². The lowest BCUT2D eigenvalue weighted by molar-refractivity contribution is 0.369. The van der Waals surface area contributed by atoms with Crippen LogP contribution < -0.4 is 0 Å². The SMILES string of the molecule is C=CCC1CCCCC1Cl. The van der Waals surface area contributed by atoms with E-state index in [1.54, 1.807) is 0 Å². The molecule has 0 aromatic heterocycles. The van der Waals surface area contributed by atoms with Crippen molar-refractivity contribution >= 4 is 11.6 Å². The highest BCUT2D eigenvalue weighted by atomic mass is 35.5. The number of allylic oxidation sites excluding steroid dienone is 1. The summed E-state index contributed by atoms with van der Waals surface area (Å²) in [5.74, 6) is 0.716. The second-order valence-electron chi connectivity index (χ2n) is 3.08. The van der Waals surface area contributed by atoms with Gasteiger partial charge in [0, 0.05) is 5.38 Å². The van der Waals surface area contributed by atoms with E-state index in [1.165, 1.54) is 25.7 Å². The molecule has 0 saturated heterocycles. The molecule has 1 rings (SSSR count). The number of rotatable bonds is 2. The van der Waals surface area contributed by atoms with Gasteiger partial charge in [-0.3, -0.25) is 0 Å². The van der Waals surface area contributed by atoms with Crippen LogP contribution in [0.5, 0.6) is 0 Å². The molecule has 0 radical (unpaired) electrons. The van der Waals surface area contributed by atoms with Crippen molar-refractivity contribution in [2.75, 3.05) is 0 Å².